The Bertz CT molecular complexity index is 490. The molecular weight excluding hydrogens is 202 g/mol. The molecular formula is C13H13NO2. The van der Waals surface area contributed by atoms with Gasteiger partial charge in [0.2, 0.25) is 0 Å². The summed E-state index contributed by atoms with van der Waals surface area (Å²) >= 11 is 0. The fourth-order valence-electron chi connectivity index (χ4n) is 1.72. The lowest BCUT2D eigenvalue weighted by Gasteiger charge is -1.97. The van der Waals surface area contributed by atoms with Gasteiger partial charge >= 0.3 is 0 Å². The molecule has 2 rings (SSSR count). The number of hydrogen-bond acceptors (Lipinski definition) is 2. The molecule has 1 aromatic rings. The molecule has 1 fully saturated rings. The van der Waals surface area contributed by atoms with Crippen molar-refractivity contribution in [1.82, 2.24) is 5.32 Å². The number of rotatable bonds is 1. The maximum Gasteiger partial charge on any atom is 0.256 e. The standard InChI is InChI=1S/C13H13NO2/c1-3-10-11(8-9-6-5-7-16-9)13(15)14-12(10)4-2/h3-8H,1-2H3,(H,14,15)/b10-3-,11-8+,12-4+. The molecule has 0 aromatic carbocycles. The fourth-order valence-corrected chi connectivity index (χ4v) is 1.72. The highest BCUT2D eigenvalue weighted by atomic mass is 16.3. The summed E-state index contributed by atoms with van der Waals surface area (Å²) in [6, 6.07) is 3.62. The molecule has 1 aliphatic heterocycles. The third-order valence-corrected chi connectivity index (χ3v) is 2.48. The molecule has 0 radical (unpaired) electrons. The summed E-state index contributed by atoms with van der Waals surface area (Å²) in [4.78, 5) is 11.7. The average Bonchev–Trinajstić information content (AvgIpc) is 2.88. The summed E-state index contributed by atoms with van der Waals surface area (Å²) in [6.45, 7) is 3.81. The monoisotopic (exact) mass is 215 g/mol. The second-order valence-electron chi connectivity index (χ2n) is 3.43. The van der Waals surface area contributed by atoms with Gasteiger partial charge in [-0.1, -0.05) is 12.2 Å². The van der Waals surface area contributed by atoms with Crippen molar-refractivity contribution in [3.63, 3.8) is 0 Å². The van der Waals surface area contributed by atoms with Gasteiger partial charge in [-0.05, 0) is 32.1 Å². The van der Waals surface area contributed by atoms with Gasteiger partial charge < -0.3 is 9.73 Å². The van der Waals surface area contributed by atoms with E-state index < -0.39 is 0 Å². The van der Waals surface area contributed by atoms with Gasteiger partial charge in [0.05, 0.1) is 11.8 Å². The molecule has 0 bridgehead atoms. The molecule has 0 spiro atoms. The molecule has 1 aromatic heterocycles. The maximum atomic E-state index is 11.7. The van der Waals surface area contributed by atoms with E-state index in [-0.39, 0.29) is 5.91 Å². The molecule has 0 atom stereocenters. The highest BCUT2D eigenvalue weighted by Gasteiger charge is 2.25. The molecule has 2 heterocycles. The van der Waals surface area contributed by atoms with E-state index in [0.29, 0.717) is 11.3 Å². The Balaban J connectivity index is 2.45. The summed E-state index contributed by atoms with van der Waals surface area (Å²) in [5, 5.41) is 2.81. The van der Waals surface area contributed by atoms with E-state index in [1.807, 2.05) is 32.1 Å². The average molecular weight is 215 g/mol. The predicted octanol–water partition coefficient (Wildman–Crippen LogP) is 2.64. The van der Waals surface area contributed by atoms with Crippen LogP contribution in [-0.4, -0.2) is 5.91 Å². The Morgan fingerprint density at radius 3 is 2.62 bits per heavy atom. The van der Waals surface area contributed by atoms with Crippen molar-refractivity contribution in [2.24, 2.45) is 0 Å². The molecule has 0 saturated carbocycles. The first-order valence-electron chi connectivity index (χ1n) is 5.16. The molecule has 16 heavy (non-hydrogen) atoms. The lowest BCUT2D eigenvalue weighted by molar-refractivity contribution is -0.115. The third kappa shape index (κ3) is 1.72. The maximum absolute atomic E-state index is 11.7. The van der Waals surface area contributed by atoms with E-state index in [2.05, 4.69) is 5.32 Å². The minimum Gasteiger partial charge on any atom is -0.465 e. The minimum absolute atomic E-state index is 0.0856. The lowest BCUT2D eigenvalue weighted by Crippen LogP contribution is -2.12. The zero-order valence-electron chi connectivity index (χ0n) is 9.28. The van der Waals surface area contributed by atoms with Crippen LogP contribution in [0.15, 0.2) is 51.8 Å². The number of carbonyl (C=O) groups excluding carboxylic acids is 1. The van der Waals surface area contributed by atoms with Gasteiger partial charge in [0, 0.05) is 11.3 Å². The molecule has 3 heteroatoms. The summed E-state index contributed by atoms with van der Waals surface area (Å²) in [5.41, 5.74) is 2.42. The minimum atomic E-state index is -0.0856. The Hall–Kier alpha value is -2.03. The Morgan fingerprint density at radius 2 is 2.06 bits per heavy atom. The van der Waals surface area contributed by atoms with Crippen LogP contribution in [0.4, 0.5) is 0 Å². The van der Waals surface area contributed by atoms with Crippen molar-refractivity contribution in [3.05, 3.63) is 53.2 Å². The number of amides is 1. The van der Waals surface area contributed by atoms with Crippen LogP contribution in [0, 0.1) is 0 Å². The first-order valence-corrected chi connectivity index (χ1v) is 5.16. The molecule has 3 nitrogen and oxygen atoms in total. The van der Waals surface area contributed by atoms with Crippen LogP contribution in [0.2, 0.25) is 0 Å². The van der Waals surface area contributed by atoms with Crippen LogP contribution in [0.1, 0.15) is 19.6 Å². The van der Waals surface area contributed by atoms with Gasteiger partial charge in [-0.3, -0.25) is 4.79 Å². The second kappa shape index (κ2) is 4.23. The zero-order chi connectivity index (χ0) is 11.5. The summed E-state index contributed by atoms with van der Waals surface area (Å²) in [7, 11) is 0. The topological polar surface area (TPSA) is 42.2 Å². The number of furan rings is 1. The molecule has 82 valence electrons. The van der Waals surface area contributed by atoms with Crippen LogP contribution in [0.5, 0.6) is 0 Å². The number of carbonyl (C=O) groups is 1. The van der Waals surface area contributed by atoms with E-state index in [9.17, 15) is 4.79 Å². The van der Waals surface area contributed by atoms with Gasteiger partial charge in [-0.25, -0.2) is 0 Å². The van der Waals surface area contributed by atoms with Crippen molar-refractivity contribution in [2.75, 3.05) is 0 Å². The Kier molecular flexibility index (Phi) is 2.77. The summed E-state index contributed by atoms with van der Waals surface area (Å²) < 4.78 is 5.20. The van der Waals surface area contributed by atoms with Crippen LogP contribution < -0.4 is 5.32 Å². The molecule has 1 amide bonds. The molecule has 1 aliphatic rings. The van der Waals surface area contributed by atoms with E-state index >= 15 is 0 Å². The van der Waals surface area contributed by atoms with Crippen LogP contribution in [0.3, 0.4) is 0 Å². The van der Waals surface area contributed by atoms with Gasteiger partial charge in [-0.15, -0.1) is 0 Å². The van der Waals surface area contributed by atoms with E-state index in [0.717, 1.165) is 11.3 Å². The van der Waals surface area contributed by atoms with Crippen molar-refractivity contribution in [1.29, 1.82) is 0 Å². The van der Waals surface area contributed by atoms with Crippen molar-refractivity contribution in [3.8, 4) is 0 Å². The van der Waals surface area contributed by atoms with Crippen molar-refractivity contribution in [2.45, 2.75) is 13.8 Å². The fraction of sp³-hybridized carbons (Fsp3) is 0.154. The Labute approximate surface area is 94.1 Å². The SMILES string of the molecule is C/C=C1C(=C/C)\NC(=O)C\1=C\c1ccco1. The number of hydrogen-bond donors (Lipinski definition) is 1. The smallest absolute Gasteiger partial charge is 0.256 e. The van der Waals surface area contributed by atoms with Gasteiger partial charge in [0.25, 0.3) is 5.91 Å². The highest BCUT2D eigenvalue weighted by Crippen LogP contribution is 2.26. The predicted molar refractivity (Wildman–Crippen MR) is 62.3 cm³/mol. The van der Waals surface area contributed by atoms with Crippen molar-refractivity contribution >= 4 is 12.0 Å². The number of allylic oxidation sites excluding steroid dienone is 3. The molecule has 1 saturated heterocycles. The van der Waals surface area contributed by atoms with E-state index in [1.54, 1.807) is 18.4 Å². The molecule has 0 unspecified atom stereocenters. The largest absolute Gasteiger partial charge is 0.465 e. The van der Waals surface area contributed by atoms with Gasteiger partial charge in [0.15, 0.2) is 0 Å². The van der Waals surface area contributed by atoms with E-state index in [4.69, 9.17) is 4.42 Å². The van der Waals surface area contributed by atoms with Crippen LogP contribution in [-0.2, 0) is 4.79 Å². The first-order chi connectivity index (χ1) is 7.76. The van der Waals surface area contributed by atoms with Crippen LogP contribution in [0.25, 0.3) is 6.08 Å². The van der Waals surface area contributed by atoms with Gasteiger partial charge in [-0.2, -0.15) is 0 Å². The third-order valence-electron chi connectivity index (χ3n) is 2.48. The molecule has 0 aliphatic carbocycles. The van der Waals surface area contributed by atoms with E-state index in [1.165, 1.54) is 0 Å². The van der Waals surface area contributed by atoms with Crippen molar-refractivity contribution < 1.29 is 9.21 Å². The first kappa shape index (κ1) is 10.5. The zero-order valence-corrected chi connectivity index (χ0v) is 9.28. The molecule has 1 N–H and O–H groups in total. The van der Waals surface area contributed by atoms with Gasteiger partial charge in [0.1, 0.15) is 5.76 Å². The van der Waals surface area contributed by atoms with Crippen LogP contribution >= 0.6 is 0 Å². The summed E-state index contributed by atoms with van der Waals surface area (Å²) in [6.07, 6.45) is 7.14. The number of nitrogens with one attached hydrogen (secondary N) is 1. The second-order valence-corrected chi connectivity index (χ2v) is 3.43. The lowest BCUT2D eigenvalue weighted by atomic mass is 10.1. The normalized spacial score (nSPS) is 23.4. The Morgan fingerprint density at radius 1 is 1.25 bits per heavy atom. The highest BCUT2D eigenvalue weighted by molar-refractivity contribution is 6.08. The summed E-state index contributed by atoms with van der Waals surface area (Å²) in [5.74, 6) is 0.597. The quantitative estimate of drug-likeness (QED) is 0.732.